The Labute approximate surface area is 123 Å². The van der Waals surface area contributed by atoms with Crippen molar-refractivity contribution in [3.63, 3.8) is 0 Å². The lowest BCUT2D eigenvalue weighted by Crippen LogP contribution is -1.95. The molecule has 1 aliphatic heterocycles. The van der Waals surface area contributed by atoms with Crippen molar-refractivity contribution in [3.05, 3.63) is 41.5 Å². The van der Waals surface area contributed by atoms with Gasteiger partial charge in [0, 0.05) is 17.2 Å². The smallest absolute Gasteiger partial charge is 0.176 e. The van der Waals surface area contributed by atoms with Crippen molar-refractivity contribution >= 4 is 12.2 Å². The highest BCUT2D eigenvalue weighted by molar-refractivity contribution is 5.80. The van der Waals surface area contributed by atoms with Crippen LogP contribution in [0, 0.1) is 0 Å². The third kappa shape index (κ3) is 2.29. The van der Waals surface area contributed by atoms with E-state index >= 15 is 0 Å². The number of hydrogen-bond donors (Lipinski definition) is 0. The molecule has 4 heteroatoms. The Balaban J connectivity index is 2.15. The molecule has 1 heterocycles. The first-order chi connectivity index (χ1) is 10.3. The fourth-order valence-corrected chi connectivity index (χ4v) is 2.32. The maximum absolute atomic E-state index is 6.04. The summed E-state index contributed by atoms with van der Waals surface area (Å²) in [5, 5.41) is 0. The van der Waals surface area contributed by atoms with E-state index < -0.39 is 0 Å². The van der Waals surface area contributed by atoms with Crippen LogP contribution in [0.4, 0.5) is 0 Å². The van der Waals surface area contributed by atoms with Crippen LogP contribution in [0.15, 0.2) is 30.3 Å². The minimum absolute atomic E-state index is 0.628. The number of para-hydroxylation sites is 1. The maximum Gasteiger partial charge on any atom is 0.176 e. The zero-order valence-corrected chi connectivity index (χ0v) is 12.2. The molecule has 0 radical (unpaired) electrons. The van der Waals surface area contributed by atoms with Gasteiger partial charge in [0.15, 0.2) is 23.0 Å². The number of hydrogen-bond acceptors (Lipinski definition) is 4. The molecule has 0 bridgehead atoms. The van der Waals surface area contributed by atoms with Crippen LogP contribution in [0.2, 0.25) is 0 Å². The Bertz CT molecular complexity index is 704. The molecular weight excluding hydrogens is 268 g/mol. The van der Waals surface area contributed by atoms with Gasteiger partial charge in [-0.3, -0.25) is 0 Å². The van der Waals surface area contributed by atoms with E-state index in [1.54, 1.807) is 21.3 Å². The molecule has 0 N–H and O–H groups in total. The summed E-state index contributed by atoms with van der Waals surface area (Å²) in [5.74, 6) is 3.39. The van der Waals surface area contributed by atoms with Gasteiger partial charge in [0.05, 0.1) is 21.3 Å². The highest BCUT2D eigenvalue weighted by atomic mass is 16.5. The van der Waals surface area contributed by atoms with Gasteiger partial charge in [-0.15, -0.1) is 0 Å². The molecule has 108 valence electrons. The van der Waals surface area contributed by atoms with Crippen LogP contribution in [0.3, 0.4) is 0 Å². The molecule has 0 spiro atoms. The van der Waals surface area contributed by atoms with Gasteiger partial charge in [-0.2, -0.15) is 0 Å². The van der Waals surface area contributed by atoms with E-state index in [4.69, 9.17) is 18.9 Å². The first-order valence-corrected chi connectivity index (χ1v) is 6.55. The lowest BCUT2D eigenvalue weighted by molar-refractivity contribution is 0.349. The summed E-state index contributed by atoms with van der Waals surface area (Å²) >= 11 is 0. The molecule has 0 aliphatic carbocycles. The third-order valence-electron chi connectivity index (χ3n) is 3.40. The number of ether oxygens (including phenoxy) is 4. The fourth-order valence-electron chi connectivity index (χ4n) is 2.32. The van der Waals surface area contributed by atoms with Crippen molar-refractivity contribution in [2.24, 2.45) is 0 Å². The van der Waals surface area contributed by atoms with Crippen LogP contribution >= 0.6 is 0 Å². The molecular formula is C17H16O4. The molecule has 0 saturated carbocycles. The predicted molar refractivity (Wildman–Crippen MR) is 81.5 cm³/mol. The molecule has 2 aromatic rings. The minimum Gasteiger partial charge on any atom is -0.493 e. The van der Waals surface area contributed by atoms with E-state index in [0.29, 0.717) is 28.7 Å². The average Bonchev–Trinajstić information content (AvgIpc) is 2.71. The average molecular weight is 284 g/mol. The van der Waals surface area contributed by atoms with Gasteiger partial charge in [-0.25, -0.2) is 0 Å². The molecule has 4 nitrogen and oxygen atoms in total. The van der Waals surface area contributed by atoms with E-state index in [1.165, 1.54) is 0 Å². The molecule has 0 fully saturated rings. The molecule has 3 rings (SSSR count). The third-order valence-corrected chi connectivity index (χ3v) is 3.40. The lowest BCUT2D eigenvalue weighted by Gasteiger charge is -2.15. The van der Waals surface area contributed by atoms with Crippen LogP contribution in [-0.4, -0.2) is 21.3 Å². The summed E-state index contributed by atoms with van der Waals surface area (Å²) in [6.45, 7) is 0. The van der Waals surface area contributed by atoms with Gasteiger partial charge in [-0.05, 0) is 12.1 Å². The quantitative estimate of drug-likeness (QED) is 0.728. The number of fused-ring (bicyclic) bond motifs is 2. The number of benzene rings is 2. The van der Waals surface area contributed by atoms with Crippen molar-refractivity contribution in [1.29, 1.82) is 0 Å². The largest absolute Gasteiger partial charge is 0.493 e. The summed E-state index contributed by atoms with van der Waals surface area (Å²) < 4.78 is 22.1. The summed E-state index contributed by atoms with van der Waals surface area (Å²) in [7, 11) is 4.84. The van der Waals surface area contributed by atoms with Crippen molar-refractivity contribution in [3.8, 4) is 28.7 Å². The predicted octanol–water partition coefficient (Wildman–Crippen LogP) is 3.99. The molecule has 1 aliphatic rings. The monoisotopic (exact) mass is 284 g/mol. The first kappa shape index (κ1) is 13.4. The number of rotatable bonds is 3. The maximum atomic E-state index is 6.04. The second-order valence-corrected chi connectivity index (χ2v) is 4.56. The Morgan fingerprint density at radius 3 is 2.14 bits per heavy atom. The fraction of sp³-hybridized carbons (Fsp3) is 0.176. The molecule has 0 saturated heterocycles. The highest BCUT2D eigenvalue weighted by Gasteiger charge is 2.18. The normalized spacial score (nSPS) is 11.8. The Hall–Kier alpha value is -2.62. The summed E-state index contributed by atoms with van der Waals surface area (Å²) in [6, 6.07) is 9.50. The Kier molecular flexibility index (Phi) is 3.44. The lowest BCUT2D eigenvalue weighted by atomic mass is 10.1. The van der Waals surface area contributed by atoms with Gasteiger partial charge in [0.1, 0.15) is 5.75 Å². The highest BCUT2D eigenvalue weighted by Crippen LogP contribution is 2.43. The zero-order chi connectivity index (χ0) is 14.8. The van der Waals surface area contributed by atoms with E-state index in [-0.39, 0.29) is 0 Å². The molecule has 0 unspecified atom stereocenters. The van der Waals surface area contributed by atoms with E-state index in [9.17, 15) is 0 Å². The van der Waals surface area contributed by atoms with Crippen molar-refractivity contribution in [1.82, 2.24) is 0 Å². The summed E-state index contributed by atoms with van der Waals surface area (Å²) in [6.07, 6.45) is 3.98. The minimum atomic E-state index is 0.628. The molecule has 0 aromatic heterocycles. The van der Waals surface area contributed by atoms with E-state index in [0.717, 1.165) is 11.1 Å². The summed E-state index contributed by atoms with van der Waals surface area (Å²) in [4.78, 5) is 0. The standard InChI is InChI=1S/C17H16O4/c1-18-13-6-4-5-11-7-8-12-9-15(19-2)16(20-3)10-14(12)21-17(11)13/h4-10H,1-3H3. The van der Waals surface area contributed by atoms with Gasteiger partial charge in [-0.1, -0.05) is 24.3 Å². The number of methoxy groups -OCH3 is 3. The van der Waals surface area contributed by atoms with Crippen LogP contribution < -0.4 is 18.9 Å². The van der Waals surface area contributed by atoms with Crippen LogP contribution in [0.5, 0.6) is 28.7 Å². The van der Waals surface area contributed by atoms with E-state index in [2.05, 4.69) is 0 Å². The van der Waals surface area contributed by atoms with Crippen LogP contribution in [0.1, 0.15) is 11.1 Å². The second-order valence-electron chi connectivity index (χ2n) is 4.56. The first-order valence-electron chi connectivity index (χ1n) is 6.55. The SMILES string of the molecule is COc1cc2c(cc1OC)Oc1c(cccc1OC)C=C2. The zero-order valence-electron chi connectivity index (χ0n) is 12.2. The van der Waals surface area contributed by atoms with Gasteiger partial charge < -0.3 is 18.9 Å². The van der Waals surface area contributed by atoms with Gasteiger partial charge in [0.2, 0.25) is 0 Å². The molecule has 0 atom stereocenters. The van der Waals surface area contributed by atoms with Crippen molar-refractivity contribution in [2.45, 2.75) is 0 Å². The Morgan fingerprint density at radius 1 is 0.762 bits per heavy atom. The Morgan fingerprint density at radius 2 is 1.43 bits per heavy atom. The molecule has 0 amide bonds. The van der Waals surface area contributed by atoms with Crippen molar-refractivity contribution < 1.29 is 18.9 Å². The van der Waals surface area contributed by atoms with Crippen LogP contribution in [0.25, 0.3) is 12.2 Å². The molecule has 2 aromatic carbocycles. The second kappa shape index (κ2) is 5.40. The topological polar surface area (TPSA) is 36.9 Å². The van der Waals surface area contributed by atoms with Crippen molar-refractivity contribution in [2.75, 3.05) is 21.3 Å². The van der Waals surface area contributed by atoms with Crippen LogP contribution in [-0.2, 0) is 0 Å². The van der Waals surface area contributed by atoms with Gasteiger partial charge >= 0.3 is 0 Å². The van der Waals surface area contributed by atoms with Gasteiger partial charge in [0.25, 0.3) is 0 Å². The molecule has 21 heavy (non-hydrogen) atoms. The van der Waals surface area contributed by atoms with E-state index in [1.807, 2.05) is 42.5 Å². The summed E-state index contributed by atoms with van der Waals surface area (Å²) in [5.41, 5.74) is 1.88.